The Morgan fingerprint density at radius 1 is 1.19 bits per heavy atom. The highest BCUT2D eigenvalue weighted by Crippen LogP contribution is 2.36. The molecule has 0 aromatic heterocycles. The van der Waals surface area contributed by atoms with E-state index in [0.29, 0.717) is 17.8 Å². The van der Waals surface area contributed by atoms with Gasteiger partial charge in [-0.15, -0.1) is 24.8 Å². The van der Waals surface area contributed by atoms with E-state index in [2.05, 4.69) is 24.1 Å². The lowest BCUT2D eigenvalue weighted by molar-refractivity contribution is -0.122. The van der Waals surface area contributed by atoms with Crippen molar-refractivity contribution in [3.8, 4) is 0 Å². The van der Waals surface area contributed by atoms with Crippen molar-refractivity contribution in [2.75, 3.05) is 32.0 Å². The fraction of sp³-hybridized carbons (Fsp3) is 0.650. The molecule has 0 unspecified atom stereocenters. The van der Waals surface area contributed by atoms with Crippen LogP contribution in [0, 0.1) is 0 Å². The number of para-hydroxylation sites is 1. The Bertz CT molecular complexity index is 619. The third kappa shape index (κ3) is 5.74. The minimum Gasteiger partial charge on any atom is -0.398 e. The lowest BCUT2D eigenvalue weighted by Gasteiger charge is -2.51. The van der Waals surface area contributed by atoms with E-state index in [4.69, 9.17) is 10.5 Å². The molecular weight excluding hydrogens is 385 g/mol. The zero-order chi connectivity index (χ0) is 17.9. The Labute approximate surface area is 175 Å². The summed E-state index contributed by atoms with van der Waals surface area (Å²) in [5.74, 6) is -0.0735. The summed E-state index contributed by atoms with van der Waals surface area (Å²) in [6, 6.07) is 7.27. The van der Waals surface area contributed by atoms with Gasteiger partial charge in [-0.3, -0.25) is 9.69 Å². The van der Waals surface area contributed by atoms with Gasteiger partial charge in [-0.25, -0.2) is 0 Å². The van der Waals surface area contributed by atoms with Crippen molar-refractivity contribution in [1.29, 1.82) is 0 Å². The van der Waals surface area contributed by atoms with Crippen molar-refractivity contribution < 1.29 is 9.53 Å². The monoisotopic (exact) mass is 417 g/mol. The number of rotatable bonds is 4. The molecule has 3 N–H and O–H groups in total. The third-order valence-electron chi connectivity index (χ3n) is 5.66. The summed E-state index contributed by atoms with van der Waals surface area (Å²) >= 11 is 0. The molecule has 1 saturated carbocycles. The first-order valence-corrected chi connectivity index (χ1v) is 9.44. The molecule has 27 heavy (non-hydrogen) atoms. The van der Waals surface area contributed by atoms with E-state index in [1.807, 2.05) is 12.1 Å². The third-order valence-corrected chi connectivity index (χ3v) is 5.66. The average molecular weight is 418 g/mol. The molecule has 2 fully saturated rings. The summed E-state index contributed by atoms with van der Waals surface area (Å²) in [5, 5.41) is 3.17. The van der Waals surface area contributed by atoms with Crippen molar-refractivity contribution >= 4 is 36.4 Å². The van der Waals surface area contributed by atoms with Crippen LogP contribution in [0.3, 0.4) is 0 Å². The number of carbonyl (C=O) groups is 1. The van der Waals surface area contributed by atoms with Gasteiger partial charge in [0.15, 0.2) is 0 Å². The number of nitrogens with one attached hydrogen (secondary N) is 1. The molecule has 1 aliphatic carbocycles. The van der Waals surface area contributed by atoms with E-state index in [9.17, 15) is 4.79 Å². The normalized spacial score (nSPS) is 21.4. The topological polar surface area (TPSA) is 67.6 Å². The number of carbonyl (C=O) groups excluding carboxylic acids is 1. The Morgan fingerprint density at radius 2 is 1.85 bits per heavy atom. The molecule has 1 saturated heterocycles. The number of hydrogen-bond donors (Lipinski definition) is 2. The van der Waals surface area contributed by atoms with Crippen LogP contribution in [-0.4, -0.2) is 48.2 Å². The first-order valence-electron chi connectivity index (χ1n) is 9.44. The Hall–Kier alpha value is -1.01. The number of anilines is 1. The average Bonchev–Trinajstić information content (AvgIpc) is 2.60. The molecule has 1 aromatic carbocycles. The molecule has 7 heteroatoms. The Balaban J connectivity index is 0.00000182. The molecule has 1 heterocycles. The van der Waals surface area contributed by atoms with Gasteiger partial charge in [-0.1, -0.05) is 31.4 Å². The number of nitrogens with two attached hydrogens (primary N) is 1. The van der Waals surface area contributed by atoms with Crippen LogP contribution in [-0.2, 0) is 4.74 Å². The molecule has 154 valence electrons. The summed E-state index contributed by atoms with van der Waals surface area (Å²) in [4.78, 5) is 15.2. The minimum absolute atomic E-state index is 0. The maximum Gasteiger partial charge on any atom is 0.253 e. The van der Waals surface area contributed by atoms with Gasteiger partial charge in [0.1, 0.15) is 0 Å². The van der Waals surface area contributed by atoms with E-state index in [1.54, 1.807) is 12.1 Å². The molecule has 0 spiro atoms. The smallest absolute Gasteiger partial charge is 0.253 e. The van der Waals surface area contributed by atoms with E-state index < -0.39 is 0 Å². The lowest BCUT2D eigenvalue weighted by Crippen LogP contribution is -2.63. The summed E-state index contributed by atoms with van der Waals surface area (Å²) in [7, 11) is 0. The number of morpholine rings is 1. The molecule has 1 aromatic rings. The van der Waals surface area contributed by atoms with Crippen LogP contribution in [0.5, 0.6) is 0 Å². The maximum atomic E-state index is 12.6. The highest BCUT2D eigenvalue weighted by atomic mass is 35.5. The summed E-state index contributed by atoms with van der Waals surface area (Å²) in [5.41, 5.74) is 6.96. The van der Waals surface area contributed by atoms with E-state index >= 15 is 0 Å². The summed E-state index contributed by atoms with van der Waals surface area (Å²) in [6.07, 6.45) is 6.00. The number of ether oxygens (including phenoxy) is 1. The van der Waals surface area contributed by atoms with E-state index in [-0.39, 0.29) is 41.9 Å². The van der Waals surface area contributed by atoms with Crippen LogP contribution in [0.4, 0.5) is 5.69 Å². The highest BCUT2D eigenvalue weighted by Gasteiger charge is 2.42. The SMILES string of the molecule is CC1(C)CN(C2(CNC(=O)c3ccccc3N)CCCCC2)CCO1.Cl.Cl. The van der Waals surface area contributed by atoms with Gasteiger partial charge >= 0.3 is 0 Å². The standard InChI is InChI=1S/C20H31N3O2.2ClH/c1-19(2)15-23(12-13-25-19)20(10-6-3-7-11-20)14-22-18(24)16-8-4-5-9-17(16)21;;/h4-5,8-9H,3,6-7,10-15,21H2,1-2H3,(H,22,24);2*1H. The number of nitrogen functional groups attached to an aromatic ring is 1. The molecular formula is C20H33Cl2N3O2. The number of hydrogen-bond acceptors (Lipinski definition) is 4. The molecule has 0 bridgehead atoms. The molecule has 0 radical (unpaired) electrons. The predicted molar refractivity (Wildman–Crippen MR) is 115 cm³/mol. The second kappa shape index (κ2) is 9.97. The van der Waals surface area contributed by atoms with Crippen molar-refractivity contribution in [1.82, 2.24) is 10.2 Å². The van der Waals surface area contributed by atoms with Crippen LogP contribution in [0.2, 0.25) is 0 Å². The number of halogens is 2. The van der Waals surface area contributed by atoms with Crippen LogP contribution in [0.1, 0.15) is 56.3 Å². The van der Waals surface area contributed by atoms with Crippen LogP contribution in [0.25, 0.3) is 0 Å². The van der Waals surface area contributed by atoms with Crippen molar-refractivity contribution in [3.05, 3.63) is 29.8 Å². The molecule has 1 amide bonds. The van der Waals surface area contributed by atoms with Gasteiger partial charge in [0.2, 0.25) is 0 Å². The lowest BCUT2D eigenvalue weighted by atomic mass is 9.79. The fourth-order valence-corrected chi connectivity index (χ4v) is 4.28. The van der Waals surface area contributed by atoms with Crippen LogP contribution >= 0.6 is 24.8 Å². The van der Waals surface area contributed by atoms with Gasteiger partial charge < -0.3 is 15.8 Å². The van der Waals surface area contributed by atoms with E-state index in [1.165, 1.54) is 19.3 Å². The zero-order valence-corrected chi connectivity index (χ0v) is 18.0. The summed E-state index contributed by atoms with van der Waals surface area (Å²) < 4.78 is 5.90. The second-order valence-corrected chi connectivity index (χ2v) is 8.08. The van der Waals surface area contributed by atoms with Gasteiger partial charge in [-0.05, 0) is 38.8 Å². The Morgan fingerprint density at radius 3 is 2.48 bits per heavy atom. The van der Waals surface area contributed by atoms with Gasteiger partial charge in [0, 0.05) is 30.9 Å². The van der Waals surface area contributed by atoms with Gasteiger partial charge in [0.25, 0.3) is 5.91 Å². The molecule has 0 atom stereocenters. The zero-order valence-electron chi connectivity index (χ0n) is 16.3. The van der Waals surface area contributed by atoms with Gasteiger partial charge in [0.05, 0.1) is 17.8 Å². The molecule has 3 rings (SSSR count). The number of benzene rings is 1. The first kappa shape index (κ1) is 24.0. The van der Waals surface area contributed by atoms with Gasteiger partial charge in [-0.2, -0.15) is 0 Å². The van der Waals surface area contributed by atoms with Crippen LogP contribution < -0.4 is 11.1 Å². The number of amides is 1. The predicted octanol–water partition coefficient (Wildman–Crippen LogP) is 3.66. The molecule has 2 aliphatic rings. The van der Waals surface area contributed by atoms with E-state index in [0.717, 1.165) is 32.5 Å². The van der Waals surface area contributed by atoms with Crippen LogP contribution in [0.15, 0.2) is 24.3 Å². The quantitative estimate of drug-likeness (QED) is 0.733. The second-order valence-electron chi connectivity index (χ2n) is 8.08. The largest absolute Gasteiger partial charge is 0.398 e. The fourth-order valence-electron chi connectivity index (χ4n) is 4.28. The maximum absolute atomic E-state index is 12.6. The number of nitrogens with zero attached hydrogens (tertiary/aromatic N) is 1. The Kier molecular flexibility index (Phi) is 8.87. The van der Waals surface area contributed by atoms with Crippen molar-refractivity contribution in [2.45, 2.75) is 57.1 Å². The first-order chi connectivity index (χ1) is 11.9. The summed E-state index contributed by atoms with van der Waals surface area (Å²) in [6.45, 7) is 7.59. The molecule has 1 aliphatic heterocycles. The minimum atomic E-state index is -0.128. The molecule has 5 nitrogen and oxygen atoms in total. The van der Waals surface area contributed by atoms with Crippen molar-refractivity contribution in [2.24, 2.45) is 0 Å². The highest BCUT2D eigenvalue weighted by molar-refractivity contribution is 5.99. The van der Waals surface area contributed by atoms with Crippen molar-refractivity contribution in [3.63, 3.8) is 0 Å².